The molecule has 0 fully saturated rings. The lowest BCUT2D eigenvalue weighted by Crippen LogP contribution is -2.40. The van der Waals surface area contributed by atoms with Gasteiger partial charge in [0.1, 0.15) is 5.75 Å². The first-order valence-corrected chi connectivity index (χ1v) is 12.5. The predicted molar refractivity (Wildman–Crippen MR) is 133 cm³/mol. The van der Waals surface area contributed by atoms with Crippen molar-refractivity contribution in [2.75, 3.05) is 19.7 Å². The van der Waals surface area contributed by atoms with Crippen LogP contribution in [0, 0.1) is 6.92 Å². The summed E-state index contributed by atoms with van der Waals surface area (Å²) in [6.07, 6.45) is 1.95. The van der Waals surface area contributed by atoms with Gasteiger partial charge in [-0.3, -0.25) is 4.79 Å². The van der Waals surface area contributed by atoms with Gasteiger partial charge in [0.25, 0.3) is 5.91 Å². The van der Waals surface area contributed by atoms with Crippen LogP contribution in [-0.4, -0.2) is 44.5 Å². The summed E-state index contributed by atoms with van der Waals surface area (Å²) in [5.41, 5.74) is 5.07. The minimum absolute atomic E-state index is 0.146. The Balaban J connectivity index is 1.73. The number of aryl methyl sites for hydroxylation is 1. The molecule has 0 spiro atoms. The van der Waals surface area contributed by atoms with E-state index in [-0.39, 0.29) is 18.0 Å². The van der Waals surface area contributed by atoms with Crippen molar-refractivity contribution in [3.63, 3.8) is 0 Å². The van der Waals surface area contributed by atoms with Gasteiger partial charge in [-0.2, -0.15) is 9.41 Å². The van der Waals surface area contributed by atoms with E-state index in [2.05, 4.69) is 10.5 Å². The Morgan fingerprint density at radius 3 is 2.38 bits per heavy atom. The zero-order chi connectivity index (χ0) is 24.4. The third-order valence-corrected chi connectivity index (χ3v) is 6.94. The Bertz CT molecular complexity index is 1210. The van der Waals surface area contributed by atoms with E-state index in [1.807, 2.05) is 68.4 Å². The number of ether oxygens (including phenoxy) is 1. The highest BCUT2D eigenvalue weighted by molar-refractivity contribution is 7.89. The van der Waals surface area contributed by atoms with E-state index in [1.165, 1.54) is 10.5 Å². The number of hydrazone groups is 1. The van der Waals surface area contributed by atoms with Crippen LogP contribution in [0.1, 0.15) is 23.6 Å². The van der Waals surface area contributed by atoms with Crippen LogP contribution in [0.2, 0.25) is 0 Å². The number of hydrogen-bond donors (Lipinski definition) is 1. The first-order chi connectivity index (χ1) is 16.4. The van der Waals surface area contributed by atoms with E-state index in [9.17, 15) is 13.2 Å². The summed E-state index contributed by atoms with van der Waals surface area (Å²) in [7, 11) is -3.87. The van der Waals surface area contributed by atoms with Gasteiger partial charge in [-0.25, -0.2) is 13.8 Å². The molecule has 0 bridgehead atoms. The van der Waals surface area contributed by atoms with Gasteiger partial charge >= 0.3 is 0 Å². The second-order valence-corrected chi connectivity index (χ2v) is 9.59. The molecule has 0 aliphatic rings. The smallest absolute Gasteiger partial charge is 0.255 e. The molecule has 3 aromatic rings. The van der Waals surface area contributed by atoms with Crippen LogP contribution in [0.15, 0.2) is 88.9 Å². The highest BCUT2D eigenvalue weighted by Crippen LogP contribution is 2.18. The van der Waals surface area contributed by atoms with Crippen molar-refractivity contribution in [3.05, 3.63) is 95.6 Å². The second-order valence-electron chi connectivity index (χ2n) is 7.65. The van der Waals surface area contributed by atoms with Gasteiger partial charge in [-0.15, -0.1) is 0 Å². The number of benzene rings is 3. The van der Waals surface area contributed by atoms with Crippen LogP contribution < -0.4 is 10.2 Å². The molecule has 3 aromatic carbocycles. The first kappa shape index (κ1) is 25.1. The van der Waals surface area contributed by atoms with E-state index in [0.717, 1.165) is 11.1 Å². The van der Waals surface area contributed by atoms with Crippen molar-refractivity contribution >= 4 is 22.1 Å². The maximum atomic E-state index is 13.3. The Labute approximate surface area is 201 Å². The summed E-state index contributed by atoms with van der Waals surface area (Å²) in [6.45, 7) is 4.08. The van der Waals surface area contributed by atoms with E-state index in [1.54, 1.807) is 24.3 Å². The quantitative estimate of drug-likeness (QED) is 0.335. The van der Waals surface area contributed by atoms with Crippen LogP contribution in [-0.2, 0) is 21.2 Å². The van der Waals surface area contributed by atoms with Gasteiger partial charge in [-0.05, 0) is 50.1 Å². The lowest BCUT2D eigenvalue weighted by molar-refractivity contribution is -0.121. The largest absolute Gasteiger partial charge is 0.493 e. The maximum absolute atomic E-state index is 13.3. The van der Waals surface area contributed by atoms with E-state index in [0.29, 0.717) is 24.3 Å². The molecule has 1 amide bonds. The van der Waals surface area contributed by atoms with Crippen LogP contribution in [0.3, 0.4) is 0 Å². The fourth-order valence-electron chi connectivity index (χ4n) is 3.29. The van der Waals surface area contributed by atoms with Crippen molar-refractivity contribution in [1.29, 1.82) is 0 Å². The van der Waals surface area contributed by atoms with Crippen LogP contribution in [0.4, 0.5) is 0 Å². The fraction of sp³-hybridized carbons (Fsp3) is 0.231. The summed E-state index contributed by atoms with van der Waals surface area (Å²) >= 11 is 0. The lowest BCUT2D eigenvalue weighted by atomic mass is 10.1. The Hall–Kier alpha value is -3.49. The van der Waals surface area contributed by atoms with E-state index < -0.39 is 15.9 Å². The molecule has 0 saturated heterocycles. The number of hydrogen-bond acceptors (Lipinski definition) is 5. The molecule has 0 aliphatic carbocycles. The van der Waals surface area contributed by atoms with Gasteiger partial charge in [0, 0.05) is 12.1 Å². The monoisotopic (exact) mass is 479 g/mol. The number of para-hydroxylation sites is 1. The normalized spacial score (nSPS) is 11.6. The summed E-state index contributed by atoms with van der Waals surface area (Å²) in [5.74, 6) is 0.114. The molecule has 3 rings (SSSR count). The van der Waals surface area contributed by atoms with Crippen LogP contribution in [0.5, 0.6) is 5.75 Å². The molecule has 0 aliphatic heterocycles. The zero-order valence-electron chi connectivity index (χ0n) is 19.3. The SMILES string of the molecule is CCOc1ccccc1/C=N/NC(=O)CN(CCc1ccccc1)S(=O)(=O)c1ccc(C)cc1. The number of carbonyl (C=O) groups is 1. The zero-order valence-corrected chi connectivity index (χ0v) is 20.2. The summed E-state index contributed by atoms with van der Waals surface area (Å²) in [4.78, 5) is 12.8. The minimum atomic E-state index is -3.87. The molecule has 0 saturated carbocycles. The highest BCUT2D eigenvalue weighted by Gasteiger charge is 2.26. The lowest BCUT2D eigenvalue weighted by Gasteiger charge is -2.21. The number of rotatable bonds is 11. The average molecular weight is 480 g/mol. The topological polar surface area (TPSA) is 88.1 Å². The third kappa shape index (κ3) is 7.00. The van der Waals surface area contributed by atoms with Crippen LogP contribution >= 0.6 is 0 Å². The van der Waals surface area contributed by atoms with Crippen molar-refractivity contribution < 1.29 is 17.9 Å². The molecule has 1 N–H and O–H groups in total. The summed E-state index contributed by atoms with van der Waals surface area (Å²) in [6, 6.07) is 23.5. The molecule has 7 nitrogen and oxygen atoms in total. The number of nitrogens with one attached hydrogen (secondary N) is 1. The van der Waals surface area contributed by atoms with Gasteiger partial charge in [0.05, 0.1) is 24.3 Å². The molecule has 0 atom stereocenters. The molecule has 0 radical (unpaired) electrons. The van der Waals surface area contributed by atoms with Gasteiger partial charge in [0.2, 0.25) is 10.0 Å². The molecule has 0 aromatic heterocycles. The molecule has 178 valence electrons. The first-order valence-electron chi connectivity index (χ1n) is 11.0. The number of nitrogens with zero attached hydrogens (tertiary/aromatic N) is 2. The Kier molecular flexibility index (Phi) is 8.95. The summed E-state index contributed by atoms with van der Waals surface area (Å²) in [5, 5.41) is 4.00. The molecule has 34 heavy (non-hydrogen) atoms. The fourth-order valence-corrected chi connectivity index (χ4v) is 4.68. The van der Waals surface area contributed by atoms with Crippen molar-refractivity contribution in [2.24, 2.45) is 5.10 Å². The number of carbonyl (C=O) groups excluding carboxylic acids is 1. The van der Waals surface area contributed by atoms with E-state index >= 15 is 0 Å². The maximum Gasteiger partial charge on any atom is 0.255 e. The number of amides is 1. The number of sulfonamides is 1. The Morgan fingerprint density at radius 1 is 1.00 bits per heavy atom. The van der Waals surface area contributed by atoms with Crippen molar-refractivity contribution in [1.82, 2.24) is 9.73 Å². The van der Waals surface area contributed by atoms with Gasteiger partial charge < -0.3 is 4.74 Å². The Morgan fingerprint density at radius 2 is 1.68 bits per heavy atom. The van der Waals surface area contributed by atoms with Crippen molar-refractivity contribution in [2.45, 2.75) is 25.2 Å². The predicted octanol–water partition coefficient (Wildman–Crippen LogP) is 3.78. The molecule has 0 unspecified atom stereocenters. The standard InChI is InChI=1S/C26H29N3O4S/c1-3-33-25-12-8-7-11-23(25)19-27-28-26(30)20-29(18-17-22-9-5-4-6-10-22)34(31,32)24-15-13-21(2)14-16-24/h4-16,19H,3,17-18,20H2,1-2H3,(H,28,30)/b27-19+. The third-order valence-electron chi connectivity index (χ3n) is 5.08. The van der Waals surface area contributed by atoms with Gasteiger partial charge in [0.15, 0.2) is 0 Å². The molecule has 8 heteroatoms. The van der Waals surface area contributed by atoms with Crippen LogP contribution in [0.25, 0.3) is 0 Å². The van der Waals surface area contributed by atoms with E-state index in [4.69, 9.17) is 4.74 Å². The average Bonchev–Trinajstić information content (AvgIpc) is 2.84. The molecule has 0 heterocycles. The second kappa shape index (κ2) is 12.1. The molecular formula is C26H29N3O4S. The molecular weight excluding hydrogens is 450 g/mol. The minimum Gasteiger partial charge on any atom is -0.493 e. The van der Waals surface area contributed by atoms with Crippen molar-refractivity contribution in [3.8, 4) is 5.75 Å². The highest BCUT2D eigenvalue weighted by atomic mass is 32.2. The summed E-state index contributed by atoms with van der Waals surface area (Å²) < 4.78 is 33.3. The van der Waals surface area contributed by atoms with Gasteiger partial charge in [-0.1, -0.05) is 60.2 Å².